The van der Waals surface area contributed by atoms with Gasteiger partial charge in [-0.25, -0.2) is 12.7 Å². The number of benzene rings is 1. The van der Waals surface area contributed by atoms with Crippen molar-refractivity contribution < 1.29 is 13.5 Å². The lowest BCUT2D eigenvalue weighted by molar-refractivity contribution is 0.278. The van der Waals surface area contributed by atoms with Crippen LogP contribution >= 0.6 is 0 Å². The number of hydrogen-bond donors (Lipinski definition) is 1. The first-order valence-electron chi connectivity index (χ1n) is 5.71. The monoisotopic (exact) mass is 255 g/mol. The third-order valence-corrected chi connectivity index (χ3v) is 4.97. The predicted molar refractivity (Wildman–Crippen MR) is 64.9 cm³/mol. The Kier molecular flexibility index (Phi) is 3.51. The van der Waals surface area contributed by atoms with Gasteiger partial charge in [0.25, 0.3) is 0 Å². The van der Waals surface area contributed by atoms with Crippen molar-refractivity contribution in [3.63, 3.8) is 0 Å². The predicted octanol–water partition coefficient (Wildman–Crippen LogP) is 1.21. The maximum atomic E-state index is 12.3. The Bertz CT molecular complexity index is 494. The number of nitrogens with zero attached hydrogens (tertiary/aromatic N) is 1. The summed E-state index contributed by atoms with van der Waals surface area (Å²) in [5, 5.41) is 9.17. The van der Waals surface area contributed by atoms with Crippen LogP contribution in [0.1, 0.15) is 18.4 Å². The van der Waals surface area contributed by atoms with Crippen molar-refractivity contribution in [2.24, 2.45) is 5.92 Å². The van der Waals surface area contributed by atoms with Gasteiger partial charge in [0.1, 0.15) is 0 Å². The molecule has 0 spiro atoms. The molecule has 0 aromatic heterocycles. The molecule has 4 nitrogen and oxygen atoms in total. The Morgan fingerprint density at radius 2 is 2.00 bits per heavy atom. The summed E-state index contributed by atoms with van der Waals surface area (Å²) in [7, 11) is -1.86. The molecule has 1 N–H and O–H groups in total. The van der Waals surface area contributed by atoms with E-state index in [1.165, 1.54) is 4.31 Å². The topological polar surface area (TPSA) is 57.6 Å². The summed E-state index contributed by atoms with van der Waals surface area (Å²) in [6.07, 6.45) is 2.23. The minimum absolute atomic E-state index is 0.214. The number of hydrogen-bond acceptors (Lipinski definition) is 3. The van der Waals surface area contributed by atoms with E-state index in [0.29, 0.717) is 18.0 Å². The van der Waals surface area contributed by atoms with Gasteiger partial charge in [-0.05, 0) is 30.4 Å². The van der Waals surface area contributed by atoms with Crippen LogP contribution in [0.15, 0.2) is 29.2 Å². The van der Waals surface area contributed by atoms with E-state index in [9.17, 15) is 13.5 Å². The fourth-order valence-electron chi connectivity index (χ4n) is 1.82. The lowest BCUT2D eigenvalue weighted by Crippen LogP contribution is -2.29. The normalized spacial score (nSPS) is 16.4. The van der Waals surface area contributed by atoms with Crippen molar-refractivity contribution in [2.45, 2.75) is 24.3 Å². The van der Waals surface area contributed by atoms with E-state index in [-0.39, 0.29) is 11.5 Å². The van der Waals surface area contributed by atoms with Gasteiger partial charge in [0.05, 0.1) is 11.5 Å². The van der Waals surface area contributed by atoms with Gasteiger partial charge in [-0.15, -0.1) is 0 Å². The van der Waals surface area contributed by atoms with Gasteiger partial charge < -0.3 is 5.11 Å². The summed E-state index contributed by atoms with van der Waals surface area (Å²) in [6.45, 7) is 0.314. The van der Waals surface area contributed by atoms with Crippen LogP contribution in [0, 0.1) is 5.92 Å². The van der Waals surface area contributed by atoms with Crippen LogP contribution < -0.4 is 0 Å². The molecule has 0 atom stereocenters. The molecule has 1 fully saturated rings. The van der Waals surface area contributed by atoms with Gasteiger partial charge >= 0.3 is 0 Å². The fourth-order valence-corrected chi connectivity index (χ4v) is 3.27. The molecule has 0 radical (unpaired) electrons. The van der Waals surface area contributed by atoms with Crippen molar-refractivity contribution in [3.8, 4) is 0 Å². The van der Waals surface area contributed by atoms with Crippen LogP contribution in [-0.2, 0) is 16.6 Å². The molecule has 1 aromatic rings. The first-order chi connectivity index (χ1) is 8.05. The van der Waals surface area contributed by atoms with E-state index >= 15 is 0 Å². The largest absolute Gasteiger partial charge is 0.392 e. The molecule has 0 aliphatic heterocycles. The Balaban J connectivity index is 2.29. The van der Waals surface area contributed by atoms with Crippen LogP contribution in [0.2, 0.25) is 0 Å². The summed E-state index contributed by atoms with van der Waals surface area (Å²) >= 11 is 0. The second kappa shape index (κ2) is 4.76. The number of sulfonamides is 1. The minimum Gasteiger partial charge on any atom is -0.392 e. The lowest BCUT2D eigenvalue weighted by Gasteiger charge is -2.18. The first kappa shape index (κ1) is 12.5. The molecule has 0 bridgehead atoms. The molecule has 1 aliphatic rings. The number of aliphatic hydroxyl groups is 1. The zero-order valence-electron chi connectivity index (χ0n) is 9.83. The van der Waals surface area contributed by atoms with Crippen molar-refractivity contribution in [3.05, 3.63) is 29.8 Å². The summed E-state index contributed by atoms with van der Waals surface area (Å²) in [5.41, 5.74) is 0.454. The van der Waals surface area contributed by atoms with Gasteiger partial charge in [0.15, 0.2) is 0 Å². The molecule has 0 amide bonds. The van der Waals surface area contributed by atoms with E-state index in [0.717, 1.165) is 12.8 Å². The Morgan fingerprint density at radius 1 is 1.35 bits per heavy atom. The van der Waals surface area contributed by atoms with Crippen LogP contribution in [0.25, 0.3) is 0 Å². The van der Waals surface area contributed by atoms with E-state index in [1.807, 2.05) is 0 Å². The Hall–Kier alpha value is -0.910. The average molecular weight is 255 g/mol. The highest BCUT2D eigenvalue weighted by atomic mass is 32.2. The summed E-state index contributed by atoms with van der Waals surface area (Å²) in [4.78, 5) is 0.214. The lowest BCUT2D eigenvalue weighted by atomic mass is 10.2. The zero-order valence-corrected chi connectivity index (χ0v) is 10.7. The fraction of sp³-hybridized carbons (Fsp3) is 0.500. The molecule has 2 rings (SSSR count). The molecule has 0 unspecified atom stereocenters. The summed E-state index contributed by atoms with van der Waals surface area (Å²) in [5.74, 6) is 0.510. The molecule has 1 aromatic carbocycles. The van der Waals surface area contributed by atoms with Gasteiger partial charge in [-0.3, -0.25) is 0 Å². The van der Waals surface area contributed by atoms with E-state index in [4.69, 9.17) is 0 Å². The van der Waals surface area contributed by atoms with Crippen LogP contribution in [-0.4, -0.2) is 31.4 Å². The molecule has 5 heteroatoms. The van der Waals surface area contributed by atoms with E-state index < -0.39 is 10.0 Å². The van der Waals surface area contributed by atoms with Crippen LogP contribution in [0.3, 0.4) is 0 Å². The van der Waals surface area contributed by atoms with Gasteiger partial charge in [-0.2, -0.15) is 0 Å². The molecule has 1 saturated carbocycles. The Labute approximate surface area is 102 Å². The summed E-state index contributed by atoms with van der Waals surface area (Å²) in [6, 6.07) is 6.59. The average Bonchev–Trinajstić information content (AvgIpc) is 3.12. The maximum Gasteiger partial charge on any atom is 0.243 e. The van der Waals surface area contributed by atoms with Crippen molar-refractivity contribution in [2.75, 3.05) is 13.6 Å². The second-order valence-corrected chi connectivity index (χ2v) is 6.51. The van der Waals surface area contributed by atoms with Gasteiger partial charge in [-0.1, -0.05) is 18.2 Å². The maximum absolute atomic E-state index is 12.3. The zero-order chi connectivity index (χ0) is 12.5. The molecule has 1 aliphatic carbocycles. The summed E-state index contributed by atoms with van der Waals surface area (Å²) < 4.78 is 26.0. The number of aliphatic hydroxyl groups excluding tert-OH is 1. The van der Waals surface area contributed by atoms with Crippen LogP contribution in [0.4, 0.5) is 0 Å². The van der Waals surface area contributed by atoms with Gasteiger partial charge in [0, 0.05) is 13.6 Å². The molecular weight excluding hydrogens is 238 g/mol. The highest BCUT2D eigenvalue weighted by Crippen LogP contribution is 2.31. The van der Waals surface area contributed by atoms with E-state index in [2.05, 4.69) is 0 Å². The smallest absolute Gasteiger partial charge is 0.243 e. The molecule has 0 saturated heterocycles. The van der Waals surface area contributed by atoms with Crippen molar-refractivity contribution >= 4 is 10.0 Å². The molecular formula is C12H17NO3S. The molecule has 0 heterocycles. The standard InChI is InChI=1S/C12H17NO3S/c1-13(8-10-6-7-10)17(15,16)12-5-3-2-4-11(12)9-14/h2-5,10,14H,6-9H2,1H3. The molecule has 17 heavy (non-hydrogen) atoms. The third-order valence-electron chi connectivity index (χ3n) is 3.04. The van der Waals surface area contributed by atoms with Crippen molar-refractivity contribution in [1.82, 2.24) is 4.31 Å². The second-order valence-electron chi connectivity index (χ2n) is 4.49. The highest BCUT2D eigenvalue weighted by Gasteiger charge is 2.30. The minimum atomic E-state index is -3.46. The molecule has 94 valence electrons. The Morgan fingerprint density at radius 3 is 2.59 bits per heavy atom. The first-order valence-corrected chi connectivity index (χ1v) is 7.15. The quantitative estimate of drug-likeness (QED) is 0.860. The highest BCUT2D eigenvalue weighted by molar-refractivity contribution is 7.89. The van der Waals surface area contributed by atoms with Crippen LogP contribution in [0.5, 0.6) is 0 Å². The SMILES string of the molecule is CN(CC1CC1)S(=O)(=O)c1ccccc1CO. The van der Waals surface area contributed by atoms with Crippen molar-refractivity contribution in [1.29, 1.82) is 0 Å². The van der Waals surface area contributed by atoms with E-state index in [1.54, 1.807) is 31.3 Å². The number of rotatable bonds is 5. The third kappa shape index (κ3) is 2.68. The van der Waals surface area contributed by atoms with Gasteiger partial charge in [0.2, 0.25) is 10.0 Å².